The molecule has 0 N–H and O–H groups in total. The van der Waals surface area contributed by atoms with Crippen LogP contribution < -0.4 is 0 Å². The van der Waals surface area contributed by atoms with Gasteiger partial charge in [0.2, 0.25) is 0 Å². The SMILES string of the molecule is CC/C=C\C/C=C\C/C=C\C/C=C\CCCCCCCCCCCCCCCCCCC(=O)OCC(COC(=O)CCCCCCC/C=C\CCCCC)OC(=O)CCCCCCCCC/C=C\C/C=C\C/C=C\CC. The Morgan fingerprint density at radius 3 is 0.816 bits per heavy atom. The monoisotopic (exact) mass is 1060 g/mol. The Morgan fingerprint density at radius 1 is 0.276 bits per heavy atom. The molecule has 6 nitrogen and oxygen atoms in total. The Morgan fingerprint density at radius 2 is 0.513 bits per heavy atom. The largest absolute Gasteiger partial charge is 0.462 e. The number of rotatable bonds is 58. The van der Waals surface area contributed by atoms with E-state index in [1.165, 1.54) is 154 Å². The molecular weight excluding hydrogens is 937 g/mol. The molecule has 0 amide bonds. The van der Waals surface area contributed by atoms with Gasteiger partial charge in [-0.2, -0.15) is 0 Å². The van der Waals surface area contributed by atoms with Gasteiger partial charge in [0.05, 0.1) is 0 Å². The maximum Gasteiger partial charge on any atom is 0.306 e. The summed E-state index contributed by atoms with van der Waals surface area (Å²) >= 11 is 0. The fraction of sp³-hybridized carbons (Fsp3) is 0.729. The van der Waals surface area contributed by atoms with Gasteiger partial charge in [-0.05, 0) is 116 Å². The summed E-state index contributed by atoms with van der Waals surface area (Å²) in [4.78, 5) is 38.3. The van der Waals surface area contributed by atoms with Crippen LogP contribution in [0.15, 0.2) is 97.2 Å². The summed E-state index contributed by atoms with van der Waals surface area (Å²) in [5, 5.41) is 0. The van der Waals surface area contributed by atoms with E-state index < -0.39 is 6.10 Å². The van der Waals surface area contributed by atoms with Gasteiger partial charge in [-0.15, -0.1) is 0 Å². The number of carbonyl (C=O) groups excluding carboxylic acids is 3. The molecule has 0 aromatic rings. The average Bonchev–Trinajstić information content (AvgIpc) is 3.42. The molecule has 0 saturated carbocycles. The van der Waals surface area contributed by atoms with Crippen molar-refractivity contribution in [1.29, 1.82) is 0 Å². The Kier molecular flexibility index (Phi) is 60.8. The van der Waals surface area contributed by atoms with Gasteiger partial charge < -0.3 is 14.2 Å². The topological polar surface area (TPSA) is 78.9 Å². The molecule has 0 aromatic carbocycles. The number of ether oxygens (including phenoxy) is 3. The lowest BCUT2D eigenvalue weighted by molar-refractivity contribution is -0.167. The first-order valence-corrected chi connectivity index (χ1v) is 32.2. The van der Waals surface area contributed by atoms with Crippen LogP contribution in [0.4, 0.5) is 0 Å². The smallest absolute Gasteiger partial charge is 0.306 e. The van der Waals surface area contributed by atoms with E-state index in [2.05, 4.69) is 118 Å². The third kappa shape index (κ3) is 61.2. The predicted octanol–water partition coefficient (Wildman–Crippen LogP) is 22.0. The van der Waals surface area contributed by atoms with Gasteiger partial charge in [0.25, 0.3) is 0 Å². The van der Waals surface area contributed by atoms with Gasteiger partial charge >= 0.3 is 17.9 Å². The molecule has 0 radical (unpaired) electrons. The van der Waals surface area contributed by atoms with E-state index in [9.17, 15) is 14.4 Å². The Balaban J connectivity index is 4.22. The second-order valence-corrected chi connectivity index (χ2v) is 21.3. The lowest BCUT2D eigenvalue weighted by Crippen LogP contribution is -2.30. The minimum atomic E-state index is -0.786. The second-order valence-electron chi connectivity index (χ2n) is 21.3. The van der Waals surface area contributed by atoms with Crippen LogP contribution in [-0.2, 0) is 28.6 Å². The van der Waals surface area contributed by atoms with Crippen molar-refractivity contribution in [3.8, 4) is 0 Å². The summed E-state index contributed by atoms with van der Waals surface area (Å²) in [6.45, 7) is 6.40. The molecule has 1 unspecified atom stereocenters. The highest BCUT2D eigenvalue weighted by molar-refractivity contribution is 5.71. The van der Waals surface area contributed by atoms with E-state index in [1.54, 1.807) is 0 Å². The van der Waals surface area contributed by atoms with Crippen molar-refractivity contribution in [3.63, 3.8) is 0 Å². The van der Waals surface area contributed by atoms with Crippen molar-refractivity contribution >= 4 is 17.9 Å². The number of unbranched alkanes of at least 4 members (excludes halogenated alkanes) is 31. The van der Waals surface area contributed by atoms with Gasteiger partial charge in [0, 0.05) is 19.3 Å². The summed E-state index contributed by atoms with van der Waals surface area (Å²) in [6, 6.07) is 0. The van der Waals surface area contributed by atoms with Crippen LogP contribution in [0, 0.1) is 0 Å². The molecule has 76 heavy (non-hydrogen) atoms. The zero-order valence-corrected chi connectivity index (χ0v) is 50.0. The highest BCUT2D eigenvalue weighted by atomic mass is 16.6. The molecule has 1 atom stereocenters. The van der Waals surface area contributed by atoms with E-state index in [1.807, 2.05) is 0 Å². The van der Waals surface area contributed by atoms with Crippen LogP contribution in [0.5, 0.6) is 0 Å². The number of hydrogen-bond acceptors (Lipinski definition) is 6. The molecule has 0 bridgehead atoms. The van der Waals surface area contributed by atoms with E-state index in [0.717, 1.165) is 116 Å². The lowest BCUT2D eigenvalue weighted by atomic mass is 10.0. The molecule has 0 aliphatic carbocycles. The Bertz CT molecular complexity index is 1490. The summed E-state index contributed by atoms with van der Waals surface area (Å²) in [7, 11) is 0. The molecular formula is C70H120O6. The van der Waals surface area contributed by atoms with Crippen LogP contribution in [0.3, 0.4) is 0 Å². The van der Waals surface area contributed by atoms with Gasteiger partial charge in [-0.25, -0.2) is 0 Å². The first-order valence-electron chi connectivity index (χ1n) is 32.2. The Hall–Kier alpha value is -3.67. The summed E-state index contributed by atoms with van der Waals surface area (Å²) in [5.74, 6) is -0.892. The molecule has 436 valence electrons. The number of allylic oxidation sites excluding steroid dienone is 16. The predicted molar refractivity (Wildman–Crippen MR) is 330 cm³/mol. The zero-order chi connectivity index (χ0) is 55.0. The van der Waals surface area contributed by atoms with E-state index in [-0.39, 0.29) is 31.1 Å². The van der Waals surface area contributed by atoms with Crippen LogP contribution >= 0.6 is 0 Å². The van der Waals surface area contributed by atoms with Gasteiger partial charge in [-0.1, -0.05) is 272 Å². The average molecular weight is 1060 g/mol. The van der Waals surface area contributed by atoms with Crippen LogP contribution in [0.25, 0.3) is 0 Å². The minimum absolute atomic E-state index is 0.0821. The van der Waals surface area contributed by atoms with Crippen molar-refractivity contribution < 1.29 is 28.6 Å². The molecule has 0 heterocycles. The highest BCUT2D eigenvalue weighted by Crippen LogP contribution is 2.17. The number of carbonyl (C=O) groups is 3. The fourth-order valence-corrected chi connectivity index (χ4v) is 9.03. The van der Waals surface area contributed by atoms with Crippen LogP contribution in [-0.4, -0.2) is 37.2 Å². The molecule has 0 spiro atoms. The summed E-state index contributed by atoms with van der Waals surface area (Å²) in [6.07, 6.45) is 85.7. The van der Waals surface area contributed by atoms with Crippen molar-refractivity contribution in [2.45, 2.75) is 316 Å². The summed E-state index contributed by atoms with van der Waals surface area (Å²) in [5.41, 5.74) is 0. The Labute approximate surface area is 470 Å². The highest BCUT2D eigenvalue weighted by Gasteiger charge is 2.19. The standard InChI is InChI=1S/C70H120O6/c1-4-7-10-13-16-19-22-25-27-29-30-31-32-33-34-35-36-37-38-39-40-42-43-45-48-51-54-57-60-63-69(72)75-66-67(65-74-68(71)62-59-56-53-50-47-24-21-18-15-12-9-6-3)76-70(73)64-61-58-55-52-49-46-44-41-28-26-23-20-17-14-11-8-5-2/h7-8,10-11,16-21,25-28,30-31,67H,4-6,9,12-15,22-24,29,32-66H2,1-3H3/b10-7-,11-8-,19-16-,20-17-,21-18-,27-25-,28-26-,31-30-. The number of esters is 3. The summed E-state index contributed by atoms with van der Waals surface area (Å²) < 4.78 is 16.9. The number of hydrogen-bond donors (Lipinski definition) is 0. The quantitative estimate of drug-likeness (QED) is 0.0261. The van der Waals surface area contributed by atoms with E-state index in [0.29, 0.717) is 19.3 Å². The third-order valence-corrected chi connectivity index (χ3v) is 13.8. The normalized spacial score (nSPS) is 12.7. The fourth-order valence-electron chi connectivity index (χ4n) is 9.03. The maximum atomic E-state index is 12.9. The lowest BCUT2D eigenvalue weighted by Gasteiger charge is -2.18. The minimum Gasteiger partial charge on any atom is -0.462 e. The zero-order valence-electron chi connectivity index (χ0n) is 50.0. The molecule has 0 saturated heterocycles. The van der Waals surface area contributed by atoms with Crippen LogP contribution in [0.1, 0.15) is 310 Å². The molecule has 0 aliphatic heterocycles. The molecule has 0 rings (SSSR count). The second kappa shape index (κ2) is 63.9. The van der Waals surface area contributed by atoms with Gasteiger partial charge in [0.15, 0.2) is 6.10 Å². The van der Waals surface area contributed by atoms with E-state index in [4.69, 9.17) is 14.2 Å². The third-order valence-electron chi connectivity index (χ3n) is 13.8. The first kappa shape index (κ1) is 72.3. The van der Waals surface area contributed by atoms with E-state index >= 15 is 0 Å². The molecule has 0 fully saturated rings. The van der Waals surface area contributed by atoms with Crippen molar-refractivity contribution in [1.82, 2.24) is 0 Å². The van der Waals surface area contributed by atoms with Crippen molar-refractivity contribution in [3.05, 3.63) is 97.2 Å². The molecule has 0 aliphatic rings. The van der Waals surface area contributed by atoms with Crippen molar-refractivity contribution in [2.75, 3.05) is 13.2 Å². The van der Waals surface area contributed by atoms with Gasteiger partial charge in [0.1, 0.15) is 13.2 Å². The first-order chi connectivity index (χ1) is 37.5. The maximum absolute atomic E-state index is 12.9. The van der Waals surface area contributed by atoms with Crippen LogP contribution in [0.2, 0.25) is 0 Å². The van der Waals surface area contributed by atoms with Crippen molar-refractivity contribution in [2.24, 2.45) is 0 Å². The van der Waals surface area contributed by atoms with Gasteiger partial charge in [-0.3, -0.25) is 14.4 Å². The molecule has 6 heteroatoms. The molecule has 0 aromatic heterocycles.